The first kappa shape index (κ1) is 16.3. The van der Waals surface area contributed by atoms with E-state index in [1.54, 1.807) is 30.5 Å². The lowest BCUT2D eigenvalue weighted by Gasteiger charge is -2.05. The highest BCUT2D eigenvalue weighted by Crippen LogP contribution is 2.23. The highest BCUT2D eigenvalue weighted by molar-refractivity contribution is 6.30. The Kier molecular flexibility index (Phi) is 4.37. The summed E-state index contributed by atoms with van der Waals surface area (Å²) in [5, 5.41) is 3.51. The Morgan fingerprint density at radius 2 is 2.00 bits per heavy atom. The molecule has 6 heteroatoms. The molecule has 4 rings (SSSR count). The number of oxazole rings is 1. The number of amides is 1. The van der Waals surface area contributed by atoms with Crippen LogP contribution in [-0.4, -0.2) is 15.9 Å². The minimum atomic E-state index is -0.192. The van der Waals surface area contributed by atoms with Gasteiger partial charge in [0.05, 0.1) is 0 Å². The van der Waals surface area contributed by atoms with Crippen molar-refractivity contribution in [3.63, 3.8) is 0 Å². The minimum absolute atomic E-state index is 0.192. The summed E-state index contributed by atoms with van der Waals surface area (Å²) in [5.41, 5.74) is 3.31. The van der Waals surface area contributed by atoms with Crippen LogP contribution in [0, 0.1) is 0 Å². The van der Waals surface area contributed by atoms with Crippen molar-refractivity contribution >= 4 is 28.6 Å². The number of carbonyl (C=O) groups is 1. The Hall–Kier alpha value is -3.18. The van der Waals surface area contributed by atoms with Crippen molar-refractivity contribution in [2.24, 2.45) is 0 Å². The van der Waals surface area contributed by atoms with Crippen molar-refractivity contribution in [1.82, 2.24) is 15.3 Å². The van der Waals surface area contributed by atoms with Gasteiger partial charge in [0.15, 0.2) is 5.58 Å². The van der Waals surface area contributed by atoms with Crippen molar-refractivity contribution in [3.05, 3.63) is 83.0 Å². The van der Waals surface area contributed by atoms with E-state index in [9.17, 15) is 4.79 Å². The summed E-state index contributed by atoms with van der Waals surface area (Å²) in [5.74, 6) is 0.236. The predicted molar refractivity (Wildman–Crippen MR) is 99.9 cm³/mol. The number of nitrogens with zero attached hydrogens (tertiary/aromatic N) is 2. The first-order valence-corrected chi connectivity index (χ1v) is 8.41. The zero-order valence-corrected chi connectivity index (χ0v) is 14.4. The molecule has 0 saturated heterocycles. The maximum Gasteiger partial charge on any atom is 0.251 e. The summed E-state index contributed by atoms with van der Waals surface area (Å²) in [6.45, 7) is 0.396. The second-order valence-electron chi connectivity index (χ2n) is 5.73. The number of carbonyl (C=O) groups excluding carboxylic acids is 1. The smallest absolute Gasteiger partial charge is 0.251 e. The molecule has 0 radical (unpaired) electrons. The summed E-state index contributed by atoms with van der Waals surface area (Å²) in [6, 6.07) is 18.1. The van der Waals surface area contributed by atoms with Gasteiger partial charge in [-0.1, -0.05) is 29.8 Å². The fraction of sp³-hybridized carbons (Fsp3) is 0.0500. The molecular formula is C20H14ClN3O2. The van der Waals surface area contributed by atoms with Crippen LogP contribution in [0.5, 0.6) is 0 Å². The Morgan fingerprint density at radius 3 is 2.81 bits per heavy atom. The lowest BCUT2D eigenvalue weighted by molar-refractivity contribution is 0.0951. The zero-order chi connectivity index (χ0) is 17.9. The molecule has 128 valence electrons. The average Bonchev–Trinajstić information content (AvgIpc) is 3.10. The molecule has 1 N–H and O–H groups in total. The summed E-state index contributed by atoms with van der Waals surface area (Å²) in [4.78, 5) is 21.0. The van der Waals surface area contributed by atoms with Gasteiger partial charge in [0.2, 0.25) is 5.89 Å². The van der Waals surface area contributed by atoms with E-state index in [4.69, 9.17) is 16.0 Å². The maximum absolute atomic E-state index is 12.4. The molecule has 5 nitrogen and oxygen atoms in total. The molecule has 0 aliphatic heterocycles. The molecule has 0 aliphatic rings. The number of hydrogen-bond acceptors (Lipinski definition) is 4. The van der Waals surface area contributed by atoms with E-state index in [0.29, 0.717) is 39.8 Å². The lowest BCUT2D eigenvalue weighted by Crippen LogP contribution is -2.22. The molecule has 0 unspecified atom stereocenters. The van der Waals surface area contributed by atoms with E-state index in [0.717, 1.165) is 5.56 Å². The average molecular weight is 364 g/mol. The van der Waals surface area contributed by atoms with E-state index in [2.05, 4.69) is 15.3 Å². The predicted octanol–water partition coefficient (Wildman–Crippen LogP) is 4.47. The van der Waals surface area contributed by atoms with Crippen molar-refractivity contribution < 1.29 is 9.21 Å². The summed E-state index contributed by atoms with van der Waals surface area (Å²) in [7, 11) is 0. The van der Waals surface area contributed by atoms with Crippen LogP contribution in [0.2, 0.25) is 5.02 Å². The van der Waals surface area contributed by atoms with Gasteiger partial charge in [0.25, 0.3) is 5.91 Å². The highest BCUT2D eigenvalue weighted by atomic mass is 35.5. The topological polar surface area (TPSA) is 68.0 Å². The monoisotopic (exact) mass is 363 g/mol. The molecule has 0 aliphatic carbocycles. The minimum Gasteiger partial charge on any atom is -0.435 e. The molecular weight excluding hydrogens is 350 g/mol. The van der Waals surface area contributed by atoms with E-state index in [1.807, 2.05) is 36.4 Å². The van der Waals surface area contributed by atoms with Crippen LogP contribution in [0.1, 0.15) is 15.9 Å². The molecule has 0 bridgehead atoms. The number of benzene rings is 2. The fourth-order valence-electron chi connectivity index (χ4n) is 2.60. The first-order valence-electron chi connectivity index (χ1n) is 8.04. The molecule has 0 spiro atoms. The molecule has 26 heavy (non-hydrogen) atoms. The van der Waals surface area contributed by atoms with Gasteiger partial charge in [0, 0.05) is 23.3 Å². The molecule has 0 atom stereocenters. The highest BCUT2D eigenvalue weighted by Gasteiger charge is 2.12. The Morgan fingerprint density at radius 1 is 1.08 bits per heavy atom. The Bertz CT molecular complexity index is 1080. The van der Waals surface area contributed by atoms with E-state index in [-0.39, 0.29) is 5.91 Å². The molecule has 0 fully saturated rings. The molecule has 2 aromatic carbocycles. The number of nitrogens with one attached hydrogen (secondary N) is 1. The number of hydrogen-bond donors (Lipinski definition) is 1. The Labute approximate surface area is 154 Å². The molecule has 4 aromatic rings. The van der Waals surface area contributed by atoms with Crippen LogP contribution >= 0.6 is 11.6 Å². The first-order chi connectivity index (χ1) is 12.7. The van der Waals surface area contributed by atoms with Crippen LogP contribution in [0.3, 0.4) is 0 Å². The summed E-state index contributed by atoms with van der Waals surface area (Å²) < 4.78 is 5.75. The third-order valence-corrected chi connectivity index (χ3v) is 4.11. The standard InChI is InChI=1S/C20H14ClN3O2/c21-15-5-3-4-13(10-15)12-23-19(25)14-7-8-16-18(11-14)26-20(24-16)17-6-1-2-9-22-17/h1-11H,12H2,(H,23,25). The third-order valence-electron chi connectivity index (χ3n) is 3.88. The third kappa shape index (κ3) is 3.43. The van der Waals surface area contributed by atoms with Crippen molar-refractivity contribution in [2.75, 3.05) is 0 Å². The number of rotatable bonds is 4. The SMILES string of the molecule is O=C(NCc1cccc(Cl)c1)c1ccc2nc(-c3ccccn3)oc2c1. The largest absolute Gasteiger partial charge is 0.435 e. The normalized spacial score (nSPS) is 10.8. The summed E-state index contributed by atoms with van der Waals surface area (Å²) >= 11 is 5.96. The Balaban J connectivity index is 1.54. The van der Waals surface area contributed by atoms with Gasteiger partial charge in [-0.05, 0) is 48.0 Å². The van der Waals surface area contributed by atoms with Gasteiger partial charge >= 0.3 is 0 Å². The van der Waals surface area contributed by atoms with Gasteiger partial charge < -0.3 is 9.73 Å². The zero-order valence-electron chi connectivity index (χ0n) is 13.6. The van der Waals surface area contributed by atoms with Crippen molar-refractivity contribution in [3.8, 4) is 11.6 Å². The molecule has 2 aromatic heterocycles. The van der Waals surface area contributed by atoms with Crippen LogP contribution in [0.4, 0.5) is 0 Å². The van der Waals surface area contributed by atoms with Crippen LogP contribution in [0.15, 0.2) is 71.3 Å². The van der Waals surface area contributed by atoms with Crippen LogP contribution < -0.4 is 5.32 Å². The van der Waals surface area contributed by atoms with Crippen molar-refractivity contribution in [1.29, 1.82) is 0 Å². The quantitative estimate of drug-likeness (QED) is 0.580. The van der Waals surface area contributed by atoms with Gasteiger partial charge in [-0.3, -0.25) is 9.78 Å². The second kappa shape index (κ2) is 6.98. The summed E-state index contributed by atoms with van der Waals surface area (Å²) in [6.07, 6.45) is 1.68. The van der Waals surface area contributed by atoms with Crippen LogP contribution in [0.25, 0.3) is 22.7 Å². The van der Waals surface area contributed by atoms with Gasteiger partial charge in [0.1, 0.15) is 11.2 Å². The van der Waals surface area contributed by atoms with Gasteiger partial charge in [-0.15, -0.1) is 0 Å². The lowest BCUT2D eigenvalue weighted by atomic mass is 10.2. The van der Waals surface area contributed by atoms with E-state index < -0.39 is 0 Å². The molecule has 2 heterocycles. The molecule has 0 saturated carbocycles. The maximum atomic E-state index is 12.4. The van der Waals surface area contributed by atoms with E-state index >= 15 is 0 Å². The number of halogens is 1. The van der Waals surface area contributed by atoms with Crippen LogP contribution in [-0.2, 0) is 6.54 Å². The molecule has 1 amide bonds. The fourth-order valence-corrected chi connectivity index (χ4v) is 2.81. The van der Waals surface area contributed by atoms with Gasteiger partial charge in [-0.25, -0.2) is 4.98 Å². The number of fused-ring (bicyclic) bond motifs is 1. The van der Waals surface area contributed by atoms with Crippen molar-refractivity contribution in [2.45, 2.75) is 6.54 Å². The van der Waals surface area contributed by atoms with E-state index in [1.165, 1.54) is 0 Å². The number of pyridine rings is 1. The van der Waals surface area contributed by atoms with Gasteiger partial charge in [-0.2, -0.15) is 0 Å². The number of aromatic nitrogens is 2. The second-order valence-corrected chi connectivity index (χ2v) is 6.17.